The average Bonchev–Trinajstić information content (AvgIpc) is 2.77. The molecule has 0 saturated carbocycles. The van der Waals surface area contributed by atoms with Crippen LogP contribution < -0.4 is 5.73 Å². The molecule has 1 heterocycles. The first kappa shape index (κ1) is 15.1. The maximum atomic E-state index is 12.5. The normalized spacial score (nSPS) is 20.9. The molecule has 19 heavy (non-hydrogen) atoms. The van der Waals surface area contributed by atoms with E-state index in [2.05, 4.69) is 0 Å². The Hall–Kier alpha value is -0.330. The van der Waals surface area contributed by atoms with Crippen LogP contribution in [0.1, 0.15) is 18.9 Å². The molecular formula is C12H16Cl2N2O2S. The van der Waals surface area contributed by atoms with Gasteiger partial charge in [-0.15, -0.1) is 0 Å². The van der Waals surface area contributed by atoms with Gasteiger partial charge in [-0.25, -0.2) is 8.42 Å². The highest BCUT2D eigenvalue weighted by molar-refractivity contribution is 7.89. The number of nitrogens with zero attached hydrogens (tertiary/aromatic N) is 1. The summed E-state index contributed by atoms with van der Waals surface area (Å²) in [5, 5.41) is 0.524. The molecule has 0 aliphatic carbocycles. The molecule has 1 aromatic rings. The molecular weight excluding hydrogens is 307 g/mol. The third kappa shape index (κ3) is 2.76. The smallest absolute Gasteiger partial charge is 0.244 e. The van der Waals surface area contributed by atoms with E-state index in [-0.39, 0.29) is 16.5 Å². The minimum atomic E-state index is -3.56. The number of hydrogen-bond donors (Lipinski definition) is 1. The number of halogens is 2. The predicted molar refractivity (Wildman–Crippen MR) is 76.9 cm³/mol. The van der Waals surface area contributed by atoms with Crippen molar-refractivity contribution < 1.29 is 8.42 Å². The largest absolute Gasteiger partial charge is 0.326 e. The second-order valence-electron chi connectivity index (χ2n) is 4.80. The molecule has 1 aliphatic rings. The topological polar surface area (TPSA) is 63.4 Å². The molecule has 1 saturated heterocycles. The van der Waals surface area contributed by atoms with Gasteiger partial charge in [-0.05, 0) is 24.5 Å². The Bertz CT molecular complexity index is 590. The van der Waals surface area contributed by atoms with Gasteiger partial charge in [0.05, 0.1) is 5.02 Å². The lowest BCUT2D eigenvalue weighted by molar-refractivity contribution is 0.464. The molecule has 1 fully saturated rings. The van der Waals surface area contributed by atoms with Gasteiger partial charge in [-0.2, -0.15) is 4.31 Å². The lowest BCUT2D eigenvalue weighted by atomic mass is 10.2. The van der Waals surface area contributed by atoms with Gasteiger partial charge in [0.2, 0.25) is 10.0 Å². The average molecular weight is 323 g/mol. The zero-order valence-corrected chi connectivity index (χ0v) is 12.9. The van der Waals surface area contributed by atoms with Crippen LogP contribution in [0.2, 0.25) is 10.0 Å². The molecule has 1 aromatic carbocycles. The van der Waals surface area contributed by atoms with Crippen molar-refractivity contribution in [2.75, 3.05) is 13.1 Å². The van der Waals surface area contributed by atoms with E-state index < -0.39 is 10.0 Å². The Balaban J connectivity index is 2.47. The minimum Gasteiger partial charge on any atom is -0.326 e. The highest BCUT2D eigenvalue weighted by atomic mass is 35.5. The van der Waals surface area contributed by atoms with Crippen molar-refractivity contribution >= 4 is 33.2 Å². The molecule has 2 N–H and O–H groups in total. The first-order chi connectivity index (χ1) is 8.87. The van der Waals surface area contributed by atoms with Gasteiger partial charge < -0.3 is 5.73 Å². The molecule has 1 atom stereocenters. The standard InChI is InChI=1S/C12H16Cl2N2O2S/c1-8-4-5-16(7-8)19(17,18)11-3-2-10(13)9(6-15)12(11)14/h2-3,8H,4-7,15H2,1H3. The van der Waals surface area contributed by atoms with Crippen molar-refractivity contribution in [3.05, 3.63) is 27.7 Å². The van der Waals surface area contributed by atoms with E-state index in [1.165, 1.54) is 16.4 Å². The molecule has 0 aromatic heterocycles. The van der Waals surface area contributed by atoms with Gasteiger partial charge in [-0.1, -0.05) is 30.1 Å². The molecule has 106 valence electrons. The van der Waals surface area contributed by atoms with Crippen molar-refractivity contribution in [3.63, 3.8) is 0 Å². The number of benzene rings is 1. The number of nitrogens with two attached hydrogens (primary N) is 1. The molecule has 0 amide bonds. The highest BCUT2D eigenvalue weighted by Gasteiger charge is 2.32. The van der Waals surface area contributed by atoms with Crippen molar-refractivity contribution in [1.82, 2.24) is 4.31 Å². The third-order valence-electron chi connectivity index (χ3n) is 3.36. The zero-order valence-electron chi connectivity index (χ0n) is 10.6. The summed E-state index contributed by atoms with van der Waals surface area (Å²) in [5.74, 6) is 0.370. The summed E-state index contributed by atoms with van der Waals surface area (Å²) in [6.45, 7) is 3.20. The van der Waals surface area contributed by atoms with Crippen LogP contribution in [0, 0.1) is 5.92 Å². The molecule has 1 unspecified atom stereocenters. The first-order valence-electron chi connectivity index (χ1n) is 6.05. The van der Waals surface area contributed by atoms with E-state index in [0.717, 1.165) is 6.42 Å². The van der Waals surface area contributed by atoms with Crippen LogP contribution >= 0.6 is 23.2 Å². The van der Waals surface area contributed by atoms with Crippen LogP contribution in [0.5, 0.6) is 0 Å². The summed E-state index contributed by atoms with van der Waals surface area (Å²) >= 11 is 12.1. The summed E-state index contributed by atoms with van der Waals surface area (Å²) in [6.07, 6.45) is 0.869. The maximum Gasteiger partial charge on any atom is 0.244 e. The molecule has 0 spiro atoms. The fourth-order valence-corrected chi connectivity index (χ4v) is 4.70. The molecule has 2 rings (SSSR count). The van der Waals surface area contributed by atoms with Crippen LogP contribution in [0.4, 0.5) is 0 Å². The summed E-state index contributed by atoms with van der Waals surface area (Å²) in [7, 11) is -3.56. The fourth-order valence-electron chi connectivity index (χ4n) is 2.21. The molecule has 0 bridgehead atoms. The summed E-state index contributed by atoms with van der Waals surface area (Å²) in [4.78, 5) is 0.0908. The number of hydrogen-bond acceptors (Lipinski definition) is 3. The van der Waals surface area contributed by atoms with E-state index in [9.17, 15) is 8.42 Å². The first-order valence-corrected chi connectivity index (χ1v) is 8.24. The monoisotopic (exact) mass is 322 g/mol. The molecule has 7 heteroatoms. The molecule has 4 nitrogen and oxygen atoms in total. The molecule has 1 aliphatic heterocycles. The van der Waals surface area contributed by atoms with Crippen molar-refractivity contribution in [2.45, 2.75) is 24.8 Å². The Morgan fingerprint density at radius 3 is 2.63 bits per heavy atom. The van der Waals surface area contributed by atoms with Crippen molar-refractivity contribution in [3.8, 4) is 0 Å². The van der Waals surface area contributed by atoms with Gasteiger partial charge in [-0.3, -0.25) is 0 Å². The predicted octanol–water partition coefficient (Wildman–Crippen LogP) is 2.48. The van der Waals surface area contributed by atoms with Crippen LogP contribution in [0.3, 0.4) is 0 Å². The second kappa shape index (κ2) is 5.58. The Labute approximate surface area is 123 Å². The van der Waals surface area contributed by atoms with Gasteiger partial charge >= 0.3 is 0 Å². The Morgan fingerprint density at radius 1 is 1.42 bits per heavy atom. The second-order valence-corrected chi connectivity index (χ2v) is 7.49. The van der Waals surface area contributed by atoms with E-state index in [0.29, 0.717) is 29.6 Å². The Kier molecular flexibility index (Phi) is 4.42. The van der Waals surface area contributed by atoms with Crippen LogP contribution in [0.15, 0.2) is 17.0 Å². The van der Waals surface area contributed by atoms with E-state index in [1.54, 1.807) is 0 Å². The fraction of sp³-hybridized carbons (Fsp3) is 0.500. The zero-order chi connectivity index (χ0) is 14.2. The van der Waals surface area contributed by atoms with E-state index in [1.807, 2.05) is 6.92 Å². The van der Waals surface area contributed by atoms with Crippen molar-refractivity contribution in [2.24, 2.45) is 11.7 Å². The number of rotatable bonds is 3. The summed E-state index contributed by atoms with van der Waals surface area (Å²) in [5.41, 5.74) is 6.03. The quantitative estimate of drug-likeness (QED) is 0.929. The van der Waals surface area contributed by atoms with Gasteiger partial charge in [0.25, 0.3) is 0 Å². The lowest BCUT2D eigenvalue weighted by Gasteiger charge is -2.18. The van der Waals surface area contributed by atoms with Crippen molar-refractivity contribution in [1.29, 1.82) is 0 Å². The lowest BCUT2D eigenvalue weighted by Crippen LogP contribution is -2.29. The third-order valence-corrected chi connectivity index (χ3v) is 6.16. The van der Waals surface area contributed by atoms with Crippen LogP contribution in [-0.2, 0) is 16.6 Å². The summed E-state index contributed by atoms with van der Waals surface area (Å²) in [6, 6.07) is 2.98. The summed E-state index contributed by atoms with van der Waals surface area (Å²) < 4.78 is 26.5. The van der Waals surface area contributed by atoms with Gasteiger partial charge in [0, 0.05) is 30.2 Å². The highest BCUT2D eigenvalue weighted by Crippen LogP contribution is 2.34. The van der Waals surface area contributed by atoms with Gasteiger partial charge in [0.15, 0.2) is 0 Å². The van der Waals surface area contributed by atoms with Gasteiger partial charge in [0.1, 0.15) is 4.90 Å². The van der Waals surface area contributed by atoms with Crippen LogP contribution in [-0.4, -0.2) is 25.8 Å². The number of sulfonamides is 1. The SMILES string of the molecule is CC1CCN(S(=O)(=O)c2ccc(Cl)c(CN)c2Cl)C1. The maximum absolute atomic E-state index is 12.5. The van der Waals surface area contributed by atoms with E-state index >= 15 is 0 Å². The molecule has 0 radical (unpaired) electrons. The minimum absolute atomic E-state index is 0.0908. The van der Waals surface area contributed by atoms with Crippen LogP contribution in [0.25, 0.3) is 0 Å². The Morgan fingerprint density at radius 2 is 2.11 bits per heavy atom. The van der Waals surface area contributed by atoms with E-state index in [4.69, 9.17) is 28.9 Å².